The zero-order valence-electron chi connectivity index (χ0n) is 16.5. The van der Waals surface area contributed by atoms with Gasteiger partial charge in [-0.3, -0.25) is 0 Å². The van der Waals surface area contributed by atoms with Gasteiger partial charge in [0.25, 0.3) is 0 Å². The van der Waals surface area contributed by atoms with Crippen LogP contribution in [0.5, 0.6) is 0 Å². The monoisotopic (exact) mass is 372 g/mol. The molecule has 0 spiro atoms. The number of unbranched alkanes of at least 4 members (excludes halogenated alkanes) is 9. The average Bonchev–Trinajstić information content (AvgIpc) is 2.97. The fourth-order valence-electron chi connectivity index (χ4n) is 3.25. The molecule has 1 rings (SSSR count). The maximum atomic E-state index is 9.92. The molecule has 4 atom stereocenters. The van der Waals surface area contributed by atoms with Crippen LogP contribution in [0, 0.1) is 0 Å². The maximum absolute atomic E-state index is 9.92. The van der Waals surface area contributed by atoms with Crippen LogP contribution in [0.2, 0.25) is 0 Å². The number of hydrogen-bond acceptors (Lipinski definition) is 5. The van der Waals surface area contributed by atoms with Gasteiger partial charge in [-0.15, -0.1) is 0 Å². The molecule has 0 bridgehead atoms. The van der Waals surface area contributed by atoms with Gasteiger partial charge in [0.1, 0.15) is 24.4 Å². The molecular formula is C21H40O5. The van der Waals surface area contributed by atoms with Gasteiger partial charge >= 0.3 is 0 Å². The summed E-state index contributed by atoms with van der Waals surface area (Å²) in [6.45, 7) is 3.00. The lowest BCUT2D eigenvalue weighted by Gasteiger charge is -2.20. The van der Waals surface area contributed by atoms with Gasteiger partial charge < -0.3 is 24.8 Å². The van der Waals surface area contributed by atoms with Crippen molar-refractivity contribution in [1.82, 2.24) is 0 Å². The molecule has 1 fully saturated rings. The van der Waals surface area contributed by atoms with Gasteiger partial charge in [-0.05, 0) is 25.7 Å². The lowest BCUT2D eigenvalue weighted by atomic mass is 10.1. The highest BCUT2D eigenvalue weighted by Gasteiger charge is 2.39. The minimum Gasteiger partial charge on any atom is -0.388 e. The van der Waals surface area contributed by atoms with Crippen molar-refractivity contribution >= 4 is 0 Å². The fourth-order valence-corrected chi connectivity index (χ4v) is 3.25. The maximum Gasteiger partial charge on any atom is 0.114 e. The summed E-state index contributed by atoms with van der Waals surface area (Å²) in [7, 11) is 0. The van der Waals surface area contributed by atoms with E-state index < -0.39 is 24.4 Å². The van der Waals surface area contributed by atoms with E-state index in [9.17, 15) is 15.3 Å². The van der Waals surface area contributed by atoms with Crippen molar-refractivity contribution in [2.24, 2.45) is 0 Å². The molecule has 0 radical (unpaired) electrons. The SMILES string of the molecule is CC/C=C/CCCCCCCCCCCOC[C@H](O)[C@@H]1OC[C@@H](O)[C@@H]1O. The predicted octanol–water partition coefficient (Wildman–Crippen LogP) is 3.35. The summed E-state index contributed by atoms with van der Waals surface area (Å²) >= 11 is 0. The summed E-state index contributed by atoms with van der Waals surface area (Å²) in [4.78, 5) is 0. The Labute approximate surface area is 159 Å². The lowest BCUT2D eigenvalue weighted by molar-refractivity contribution is -0.0813. The molecule has 0 aliphatic carbocycles. The number of allylic oxidation sites excluding steroid dienone is 2. The van der Waals surface area contributed by atoms with E-state index in [0.717, 1.165) is 19.3 Å². The predicted molar refractivity (Wildman–Crippen MR) is 104 cm³/mol. The van der Waals surface area contributed by atoms with E-state index in [2.05, 4.69) is 19.1 Å². The Morgan fingerprint density at radius 2 is 1.58 bits per heavy atom. The third kappa shape index (κ3) is 10.6. The smallest absolute Gasteiger partial charge is 0.114 e. The van der Waals surface area contributed by atoms with Gasteiger partial charge in [0, 0.05) is 6.61 Å². The van der Waals surface area contributed by atoms with Crippen molar-refractivity contribution in [3.05, 3.63) is 12.2 Å². The topological polar surface area (TPSA) is 79.2 Å². The number of hydrogen-bond donors (Lipinski definition) is 3. The van der Waals surface area contributed by atoms with Crippen molar-refractivity contribution in [2.75, 3.05) is 19.8 Å². The molecule has 5 nitrogen and oxygen atoms in total. The molecule has 5 heteroatoms. The van der Waals surface area contributed by atoms with E-state index in [1.54, 1.807) is 0 Å². The summed E-state index contributed by atoms with van der Waals surface area (Å²) in [5.41, 5.74) is 0. The molecule has 0 amide bonds. The number of ether oxygens (including phenoxy) is 2. The quantitative estimate of drug-likeness (QED) is 0.286. The van der Waals surface area contributed by atoms with E-state index in [4.69, 9.17) is 9.47 Å². The van der Waals surface area contributed by atoms with Gasteiger partial charge in [-0.1, -0.05) is 64.0 Å². The van der Waals surface area contributed by atoms with Crippen LogP contribution in [0.3, 0.4) is 0 Å². The van der Waals surface area contributed by atoms with Crippen LogP contribution in [-0.4, -0.2) is 59.6 Å². The zero-order chi connectivity index (χ0) is 19.0. The summed E-state index contributed by atoms with van der Waals surface area (Å²) < 4.78 is 10.6. The van der Waals surface area contributed by atoms with Crippen LogP contribution in [0.1, 0.15) is 77.6 Å². The molecule has 1 aliphatic heterocycles. The van der Waals surface area contributed by atoms with Gasteiger partial charge in [0.05, 0.1) is 13.2 Å². The van der Waals surface area contributed by atoms with Gasteiger partial charge in [-0.25, -0.2) is 0 Å². The number of aliphatic hydroxyl groups excluding tert-OH is 3. The normalized spacial score (nSPS) is 24.5. The first kappa shape index (κ1) is 23.6. The molecule has 1 aliphatic rings. The van der Waals surface area contributed by atoms with Gasteiger partial charge in [0.15, 0.2) is 0 Å². The summed E-state index contributed by atoms with van der Waals surface area (Å²) in [5, 5.41) is 29.0. The zero-order valence-corrected chi connectivity index (χ0v) is 16.5. The molecule has 0 saturated carbocycles. The number of aliphatic hydroxyl groups is 3. The van der Waals surface area contributed by atoms with Crippen molar-refractivity contribution in [3.63, 3.8) is 0 Å². The molecule has 0 aromatic rings. The van der Waals surface area contributed by atoms with Crippen molar-refractivity contribution in [3.8, 4) is 0 Å². The van der Waals surface area contributed by atoms with Crippen LogP contribution in [0.25, 0.3) is 0 Å². The second-order valence-electron chi connectivity index (χ2n) is 7.35. The summed E-state index contributed by atoms with van der Waals surface area (Å²) in [6, 6.07) is 0. The highest BCUT2D eigenvalue weighted by Crippen LogP contribution is 2.18. The molecule has 1 saturated heterocycles. The van der Waals surface area contributed by atoms with Crippen LogP contribution in [0.15, 0.2) is 12.2 Å². The van der Waals surface area contributed by atoms with E-state index in [1.807, 2.05) is 0 Å². The Bertz CT molecular complexity index is 347. The Morgan fingerprint density at radius 1 is 0.962 bits per heavy atom. The highest BCUT2D eigenvalue weighted by molar-refractivity contribution is 4.87. The van der Waals surface area contributed by atoms with Gasteiger partial charge in [0.2, 0.25) is 0 Å². The largest absolute Gasteiger partial charge is 0.388 e. The second kappa shape index (κ2) is 15.6. The summed E-state index contributed by atoms with van der Waals surface area (Å²) in [6.07, 6.45) is 14.7. The lowest BCUT2D eigenvalue weighted by Crippen LogP contribution is -2.40. The van der Waals surface area contributed by atoms with Gasteiger partial charge in [-0.2, -0.15) is 0 Å². The average molecular weight is 373 g/mol. The first-order valence-corrected chi connectivity index (χ1v) is 10.5. The molecule has 1 heterocycles. The van der Waals surface area contributed by atoms with Crippen molar-refractivity contribution in [2.45, 2.75) is 102 Å². The Balaban J connectivity index is 1.80. The number of rotatable bonds is 16. The van der Waals surface area contributed by atoms with Crippen LogP contribution >= 0.6 is 0 Å². The van der Waals surface area contributed by atoms with Crippen LogP contribution < -0.4 is 0 Å². The van der Waals surface area contributed by atoms with Crippen LogP contribution in [0.4, 0.5) is 0 Å². The minimum absolute atomic E-state index is 0.0683. The third-order valence-corrected chi connectivity index (χ3v) is 4.92. The first-order chi connectivity index (χ1) is 12.7. The van der Waals surface area contributed by atoms with E-state index in [-0.39, 0.29) is 13.2 Å². The molecular weight excluding hydrogens is 332 g/mol. The van der Waals surface area contributed by atoms with E-state index >= 15 is 0 Å². The van der Waals surface area contributed by atoms with Crippen molar-refractivity contribution < 1.29 is 24.8 Å². The van der Waals surface area contributed by atoms with E-state index in [0.29, 0.717) is 6.61 Å². The van der Waals surface area contributed by atoms with E-state index in [1.165, 1.54) is 51.4 Å². The third-order valence-electron chi connectivity index (χ3n) is 4.92. The highest BCUT2D eigenvalue weighted by atomic mass is 16.5. The molecule has 154 valence electrons. The molecule has 0 aromatic heterocycles. The first-order valence-electron chi connectivity index (χ1n) is 10.5. The fraction of sp³-hybridized carbons (Fsp3) is 0.905. The molecule has 0 aromatic carbocycles. The molecule has 26 heavy (non-hydrogen) atoms. The second-order valence-corrected chi connectivity index (χ2v) is 7.35. The Kier molecular flexibility index (Phi) is 14.1. The molecule has 0 unspecified atom stereocenters. The standard InChI is InChI=1S/C21H40O5/c1-2-3-4-5-6-7-8-9-10-11-12-13-14-15-25-16-19(23)21-20(24)18(22)17-26-21/h3-4,18-24H,2,5-17H2,1H3/b4-3+/t18-,19+,20+,21+/m1/s1. The Morgan fingerprint density at radius 3 is 2.15 bits per heavy atom. The summed E-state index contributed by atoms with van der Waals surface area (Å²) in [5.74, 6) is 0. The molecule has 3 N–H and O–H groups in total. The van der Waals surface area contributed by atoms with Crippen molar-refractivity contribution in [1.29, 1.82) is 0 Å². The Hall–Kier alpha value is -0.460. The van der Waals surface area contributed by atoms with Crippen LogP contribution in [-0.2, 0) is 9.47 Å². The minimum atomic E-state index is -1.03.